The molecule has 0 heterocycles. The molecular weight excluding hydrogens is 280 g/mol. The average Bonchev–Trinajstić information content (AvgIpc) is 2.45. The lowest BCUT2D eigenvalue weighted by atomic mass is 10.1. The first-order chi connectivity index (χ1) is 9.65. The first-order valence-electron chi connectivity index (χ1n) is 6.63. The Hall–Kier alpha value is -0.940. The van der Waals surface area contributed by atoms with E-state index in [1.54, 1.807) is 38.3 Å². The van der Waals surface area contributed by atoms with Crippen molar-refractivity contribution in [3.63, 3.8) is 0 Å². The highest BCUT2D eigenvalue weighted by molar-refractivity contribution is 6.31. The molecule has 0 fully saturated rings. The van der Waals surface area contributed by atoms with Gasteiger partial charge in [-0.3, -0.25) is 4.79 Å². The fourth-order valence-corrected chi connectivity index (χ4v) is 1.81. The predicted molar refractivity (Wildman–Crippen MR) is 78.5 cm³/mol. The van der Waals surface area contributed by atoms with Crippen LogP contribution in [0, 0.1) is 0 Å². The van der Waals surface area contributed by atoms with Gasteiger partial charge >= 0.3 is 0 Å². The van der Waals surface area contributed by atoms with E-state index in [4.69, 9.17) is 25.8 Å². The number of carbonyl (C=O) groups excluding carboxylic acids is 1. The molecule has 20 heavy (non-hydrogen) atoms. The Labute approximate surface area is 125 Å². The summed E-state index contributed by atoms with van der Waals surface area (Å²) >= 11 is 5.86. The van der Waals surface area contributed by atoms with E-state index in [2.05, 4.69) is 0 Å². The molecule has 112 valence electrons. The molecule has 0 radical (unpaired) electrons. The minimum absolute atomic E-state index is 0.0622. The van der Waals surface area contributed by atoms with Gasteiger partial charge in [0.15, 0.2) is 5.78 Å². The van der Waals surface area contributed by atoms with Crippen molar-refractivity contribution in [3.8, 4) is 0 Å². The molecular formula is C15H21ClO4. The van der Waals surface area contributed by atoms with E-state index >= 15 is 0 Å². The molecule has 1 aromatic rings. The Morgan fingerprint density at radius 2 is 2.05 bits per heavy atom. The number of benzene rings is 1. The summed E-state index contributed by atoms with van der Waals surface area (Å²) in [5, 5.41) is 0.551. The zero-order valence-corrected chi connectivity index (χ0v) is 12.7. The van der Waals surface area contributed by atoms with Gasteiger partial charge in [0.05, 0.1) is 13.2 Å². The van der Waals surface area contributed by atoms with Crippen molar-refractivity contribution in [2.45, 2.75) is 19.4 Å². The second kappa shape index (κ2) is 9.88. The molecule has 0 amide bonds. The number of halogens is 1. The molecule has 0 aliphatic heterocycles. The maximum atomic E-state index is 12.1. The standard InChI is InChI=1S/C15H21ClO4/c1-12(20-8-4-7-19-10-9-18-2)15(17)13-5-3-6-14(16)11-13/h3,5-6,11-12H,4,7-10H2,1-2H3. The molecule has 5 heteroatoms. The second-order valence-electron chi connectivity index (χ2n) is 4.35. The monoisotopic (exact) mass is 300 g/mol. The van der Waals surface area contributed by atoms with Gasteiger partial charge in [0.2, 0.25) is 0 Å². The molecule has 0 aromatic heterocycles. The maximum absolute atomic E-state index is 12.1. The van der Waals surface area contributed by atoms with Crippen molar-refractivity contribution in [2.75, 3.05) is 33.5 Å². The van der Waals surface area contributed by atoms with Crippen LogP contribution in [-0.2, 0) is 14.2 Å². The molecule has 0 aliphatic carbocycles. The van der Waals surface area contributed by atoms with Crippen LogP contribution in [0.5, 0.6) is 0 Å². The van der Waals surface area contributed by atoms with Gasteiger partial charge in [-0.15, -0.1) is 0 Å². The summed E-state index contributed by atoms with van der Waals surface area (Å²) < 4.78 is 15.7. The lowest BCUT2D eigenvalue weighted by Gasteiger charge is -2.12. The number of carbonyl (C=O) groups is 1. The molecule has 0 bridgehead atoms. The Morgan fingerprint density at radius 1 is 1.25 bits per heavy atom. The number of hydrogen-bond donors (Lipinski definition) is 0. The van der Waals surface area contributed by atoms with Gasteiger partial charge in [0.1, 0.15) is 6.10 Å². The number of rotatable bonds is 10. The molecule has 0 aliphatic rings. The Balaban J connectivity index is 2.22. The van der Waals surface area contributed by atoms with Crippen LogP contribution in [0.2, 0.25) is 5.02 Å². The van der Waals surface area contributed by atoms with Crippen molar-refractivity contribution < 1.29 is 19.0 Å². The van der Waals surface area contributed by atoms with Crippen LogP contribution in [-0.4, -0.2) is 45.4 Å². The first-order valence-corrected chi connectivity index (χ1v) is 7.01. The highest BCUT2D eigenvalue weighted by atomic mass is 35.5. The number of ether oxygens (including phenoxy) is 3. The summed E-state index contributed by atoms with van der Waals surface area (Å²) in [6, 6.07) is 6.88. The first kappa shape index (κ1) is 17.1. The second-order valence-corrected chi connectivity index (χ2v) is 4.78. The summed E-state index contributed by atoms with van der Waals surface area (Å²) in [6.07, 6.45) is 0.268. The van der Waals surface area contributed by atoms with Gasteiger partial charge < -0.3 is 14.2 Å². The maximum Gasteiger partial charge on any atom is 0.191 e. The lowest BCUT2D eigenvalue weighted by molar-refractivity contribution is 0.0286. The van der Waals surface area contributed by atoms with E-state index in [-0.39, 0.29) is 5.78 Å². The van der Waals surface area contributed by atoms with Crippen molar-refractivity contribution >= 4 is 17.4 Å². The van der Waals surface area contributed by atoms with Crippen LogP contribution < -0.4 is 0 Å². The van der Waals surface area contributed by atoms with Crippen LogP contribution in [0.1, 0.15) is 23.7 Å². The highest BCUT2D eigenvalue weighted by Crippen LogP contribution is 2.13. The zero-order valence-electron chi connectivity index (χ0n) is 11.9. The number of ketones is 1. The van der Waals surface area contributed by atoms with Crippen LogP contribution >= 0.6 is 11.6 Å². The molecule has 1 aromatic carbocycles. The molecule has 1 rings (SSSR count). The van der Waals surface area contributed by atoms with E-state index in [0.717, 1.165) is 6.42 Å². The van der Waals surface area contributed by atoms with E-state index in [1.807, 2.05) is 0 Å². The summed E-state index contributed by atoms with van der Waals surface area (Å²) in [5.74, 6) is -0.0622. The summed E-state index contributed by atoms with van der Waals surface area (Å²) in [4.78, 5) is 12.1. The molecule has 0 saturated heterocycles. The minimum Gasteiger partial charge on any atom is -0.382 e. The molecule has 4 nitrogen and oxygen atoms in total. The summed E-state index contributed by atoms with van der Waals surface area (Å²) in [7, 11) is 1.63. The number of Topliss-reactive ketones (excluding diaryl/α,β-unsaturated/α-hetero) is 1. The average molecular weight is 301 g/mol. The van der Waals surface area contributed by atoms with Gasteiger partial charge in [-0.25, -0.2) is 0 Å². The number of methoxy groups -OCH3 is 1. The third-order valence-corrected chi connectivity index (χ3v) is 2.95. The zero-order chi connectivity index (χ0) is 14.8. The largest absolute Gasteiger partial charge is 0.382 e. The van der Waals surface area contributed by atoms with Crippen molar-refractivity contribution in [2.24, 2.45) is 0 Å². The molecule has 0 N–H and O–H groups in total. The molecule has 1 atom stereocenters. The van der Waals surface area contributed by atoms with Gasteiger partial charge in [0, 0.05) is 30.9 Å². The van der Waals surface area contributed by atoms with Crippen LogP contribution in [0.3, 0.4) is 0 Å². The summed E-state index contributed by atoms with van der Waals surface area (Å²) in [5.41, 5.74) is 0.571. The SMILES string of the molecule is COCCOCCCOC(C)C(=O)c1cccc(Cl)c1. The topological polar surface area (TPSA) is 44.8 Å². The van der Waals surface area contributed by atoms with Gasteiger partial charge in [0.25, 0.3) is 0 Å². The highest BCUT2D eigenvalue weighted by Gasteiger charge is 2.15. The van der Waals surface area contributed by atoms with Gasteiger partial charge in [-0.1, -0.05) is 23.7 Å². The number of hydrogen-bond acceptors (Lipinski definition) is 4. The third-order valence-electron chi connectivity index (χ3n) is 2.71. The van der Waals surface area contributed by atoms with Crippen molar-refractivity contribution in [1.29, 1.82) is 0 Å². The van der Waals surface area contributed by atoms with Crippen LogP contribution in [0.4, 0.5) is 0 Å². The third kappa shape index (κ3) is 6.48. The van der Waals surface area contributed by atoms with Crippen molar-refractivity contribution in [3.05, 3.63) is 34.9 Å². The van der Waals surface area contributed by atoms with Crippen LogP contribution in [0.25, 0.3) is 0 Å². The van der Waals surface area contributed by atoms with Gasteiger partial charge in [-0.05, 0) is 25.5 Å². The minimum atomic E-state index is -0.479. The molecule has 0 saturated carbocycles. The molecule has 1 unspecified atom stereocenters. The predicted octanol–water partition coefficient (Wildman–Crippen LogP) is 2.98. The van der Waals surface area contributed by atoms with E-state index in [1.165, 1.54) is 0 Å². The summed E-state index contributed by atoms with van der Waals surface area (Å²) in [6.45, 7) is 3.99. The van der Waals surface area contributed by atoms with E-state index in [0.29, 0.717) is 37.0 Å². The van der Waals surface area contributed by atoms with E-state index < -0.39 is 6.10 Å². The smallest absolute Gasteiger partial charge is 0.191 e. The Kier molecular flexibility index (Phi) is 8.46. The quantitative estimate of drug-likeness (QED) is 0.492. The van der Waals surface area contributed by atoms with E-state index in [9.17, 15) is 4.79 Å². The normalized spacial score (nSPS) is 12.3. The lowest BCUT2D eigenvalue weighted by Crippen LogP contribution is -2.22. The Morgan fingerprint density at radius 3 is 2.75 bits per heavy atom. The van der Waals surface area contributed by atoms with Crippen molar-refractivity contribution in [1.82, 2.24) is 0 Å². The fraction of sp³-hybridized carbons (Fsp3) is 0.533. The van der Waals surface area contributed by atoms with Gasteiger partial charge in [-0.2, -0.15) is 0 Å². The fourth-order valence-electron chi connectivity index (χ4n) is 1.62. The molecule has 0 spiro atoms. The Bertz CT molecular complexity index is 409. The van der Waals surface area contributed by atoms with Crippen LogP contribution in [0.15, 0.2) is 24.3 Å².